The van der Waals surface area contributed by atoms with Gasteiger partial charge in [-0.2, -0.15) is 5.26 Å². The molecule has 0 aliphatic rings. The summed E-state index contributed by atoms with van der Waals surface area (Å²) in [6.07, 6.45) is 2.82. The highest BCUT2D eigenvalue weighted by Gasteiger charge is 2.13. The van der Waals surface area contributed by atoms with E-state index in [1.807, 2.05) is 48.5 Å². The Kier molecular flexibility index (Phi) is 5.46. The number of ether oxygens (including phenoxy) is 1. The van der Waals surface area contributed by atoms with Gasteiger partial charge >= 0.3 is 0 Å². The Morgan fingerprint density at radius 2 is 1.93 bits per heavy atom. The fourth-order valence-electron chi connectivity index (χ4n) is 3.16. The SMILES string of the molecule is CCc1cc2c(=O)[nH]c(/C(=C\c3ccc(C#N)cc3)c3ccc(OC)cc3)nc2s1. The number of rotatable bonds is 5. The highest BCUT2D eigenvalue weighted by Crippen LogP contribution is 2.28. The van der Waals surface area contributed by atoms with E-state index >= 15 is 0 Å². The second-order valence-corrected chi connectivity index (χ2v) is 7.84. The molecule has 2 aromatic heterocycles. The Bertz CT molecular complexity index is 1320. The van der Waals surface area contributed by atoms with E-state index in [1.54, 1.807) is 30.6 Å². The molecule has 0 aliphatic carbocycles. The molecule has 0 unspecified atom stereocenters. The molecule has 0 saturated heterocycles. The summed E-state index contributed by atoms with van der Waals surface area (Å²) in [7, 11) is 1.62. The molecule has 0 saturated carbocycles. The van der Waals surface area contributed by atoms with Gasteiger partial charge in [0.1, 0.15) is 16.4 Å². The van der Waals surface area contributed by atoms with Gasteiger partial charge in [0.2, 0.25) is 0 Å². The van der Waals surface area contributed by atoms with E-state index in [9.17, 15) is 4.79 Å². The van der Waals surface area contributed by atoms with Crippen molar-refractivity contribution in [2.75, 3.05) is 7.11 Å². The molecule has 0 atom stereocenters. The number of methoxy groups -OCH3 is 1. The van der Waals surface area contributed by atoms with E-state index in [0.717, 1.165) is 38.6 Å². The molecular formula is C24H19N3O2S. The van der Waals surface area contributed by atoms with Crippen LogP contribution in [-0.2, 0) is 6.42 Å². The van der Waals surface area contributed by atoms with Crippen LogP contribution in [0.2, 0.25) is 0 Å². The summed E-state index contributed by atoms with van der Waals surface area (Å²) < 4.78 is 5.27. The van der Waals surface area contributed by atoms with E-state index in [1.165, 1.54) is 0 Å². The van der Waals surface area contributed by atoms with Crippen molar-refractivity contribution in [3.8, 4) is 11.8 Å². The van der Waals surface area contributed by atoms with Crippen LogP contribution in [0.15, 0.2) is 59.4 Å². The summed E-state index contributed by atoms with van der Waals surface area (Å²) >= 11 is 1.54. The Morgan fingerprint density at radius 1 is 1.20 bits per heavy atom. The molecule has 6 heteroatoms. The lowest BCUT2D eigenvalue weighted by atomic mass is 10.0. The van der Waals surface area contributed by atoms with Crippen LogP contribution < -0.4 is 10.3 Å². The van der Waals surface area contributed by atoms with Crippen molar-refractivity contribution in [2.45, 2.75) is 13.3 Å². The van der Waals surface area contributed by atoms with Crippen LogP contribution in [0.3, 0.4) is 0 Å². The predicted octanol–water partition coefficient (Wildman–Crippen LogP) is 5.02. The quantitative estimate of drug-likeness (QED) is 0.466. The van der Waals surface area contributed by atoms with Crippen LogP contribution in [0.25, 0.3) is 21.9 Å². The van der Waals surface area contributed by atoms with Gasteiger partial charge < -0.3 is 9.72 Å². The Hall–Kier alpha value is -3.69. The second-order valence-electron chi connectivity index (χ2n) is 6.72. The zero-order valence-corrected chi connectivity index (χ0v) is 17.4. The van der Waals surface area contributed by atoms with Crippen molar-refractivity contribution in [2.24, 2.45) is 0 Å². The summed E-state index contributed by atoms with van der Waals surface area (Å²) in [5.41, 5.74) is 3.03. The molecule has 0 amide bonds. The number of thiophene rings is 1. The first-order chi connectivity index (χ1) is 14.6. The minimum Gasteiger partial charge on any atom is -0.497 e. The highest BCUT2D eigenvalue weighted by molar-refractivity contribution is 7.18. The lowest BCUT2D eigenvalue weighted by Crippen LogP contribution is -2.10. The standard InChI is InChI=1S/C24H19N3O2S/c1-3-19-13-21-23(28)26-22(27-24(21)30-19)20(17-8-10-18(29-2)11-9-17)12-15-4-6-16(14-25)7-5-15/h4-13H,3H2,1-2H3,(H,26,27,28)/b20-12-. The number of aromatic nitrogens is 2. The number of benzene rings is 2. The van der Waals surface area contributed by atoms with Gasteiger partial charge in [0.05, 0.1) is 24.1 Å². The maximum Gasteiger partial charge on any atom is 0.259 e. The summed E-state index contributed by atoms with van der Waals surface area (Å²) in [6.45, 7) is 2.06. The summed E-state index contributed by atoms with van der Waals surface area (Å²) in [6, 6.07) is 18.9. The van der Waals surface area contributed by atoms with Gasteiger partial charge in [-0.3, -0.25) is 4.79 Å². The molecule has 5 nitrogen and oxygen atoms in total. The Balaban J connectivity index is 1.89. The minimum absolute atomic E-state index is 0.148. The number of aromatic amines is 1. The summed E-state index contributed by atoms with van der Waals surface area (Å²) in [4.78, 5) is 22.3. The highest BCUT2D eigenvalue weighted by atomic mass is 32.1. The van der Waals surface area contributed by atoms with E-state index in [0.29, 0.717) is 16.8 Å². The van der Waals surface area contributed by atoms with Gasteiger partial charge in [-0.05, 0) is 54.0 Å². The monoisotopic (exact) mass is 413 g/mol. The predicted molar refractivity (Wildman–Crippen MR) is 121 cm³/mol. The molecule has 0 bridgehead atoms. The Labute approximate surface area is 177 Å². The average Bonchev–Trinajstić information content (AvgIpc) is 3.22. The van der Waals surface area contributed by atoms with Crippen LogP contribution in [-0.4, -0.2) is 17.1 Å². The molecule has 1 N–H and O–H groups in total. The van der Waals surface area contributed by atoms with E-state index in [-0.39, 0.29) is 5.56 Å². The number of nitrogens with zero attached hydrogens (tertiary/aromatic N) is 2. The first-order valence-electron chi connectivity index (χ1n) is 9.50. The average molecular weight is 414 g/mol. The smallest absolute Gasteiger partial charge is 0.259 e. The summed E-state index contributed by atoms with van der Waals surface area (Å²) in [5, 5.41) is 9.66. The Morgan fingerprint density at radius 3 is 2.57 bits per heavy atom. The summed E-state index contributed by atoms with van der Waals surface area (Å²) in [5.74, 6) is 1.26. The molecule has 0 aliphatic heterocycles. The largest absolute Gasteiger partial charge is 0.497 e. The van der Waals surface area contributed by atoms with Crippen LogP contribution in [0, 0.1) is 11.3 Å². The number of hydrogen-bond donors (Lipinski definition) is 1. The fraction of sp³-hybridized carbons (Fsp3) is 0.125. The lowest BCUT2D eigenvalue weighted by Gasteiger charge is -2.09. The number of aryl methyl sites for hydroxylation is 1. The van der Waals surface area contributed by atoms with Gasteiger partial charge in [0.25, 0.3) is 5.56 Å². The normalized spacial score (nSPS) is 11.4. The molecule has 0 spiro atoms. The molecule has 0 radical (unpaired) electrons. The molecule has 30 heavy (non-hydrogen) atoms. The number of nitrogens with one attached hydrogen (secondary N) is 1. The molecule has 2 aromatic carbocycles. The third-order valence-corrected chi connectivity index (χ3v) is 5.98. The van der Waals surface area contributed by atoms with Gasteiger partial charge in [-0.15, -0.1) is 11.3 Å². The molecule has 4 aromatic rings. The lowest BCUT2D eigenvalue weighted by molar-refractivity contribution is 0.415. The van der Waals surface area contributed by atoms with E-state index in [4.69, 9.17) is 15.0 Å². The number of fused-ring (bicyclic) bond motifs is 1. The fourth-order valence-corrected chi connectivity index (χ4v) is 4.13. The van der Waals surface area contributed by atoms with E-state index < -0.39 is 0 Å². The molecule has 2 heterocycles. The molecular weight excluding hydrogens is 394 g/mol. The molecule has 4 rings (SSSR count). The van der Waals surface area contributed by atoms with Crippen LogP contribution in [0.4, 0.5) is 0 Å². The minimum atomic E-state index is -0.148. The molecule has 148 valence electrons. The third-order valence-electron chi connectivity index (χ3n) is 4.81. The zero-order chi connectivity index (χ0) is 21.1. The topological polar surface area (TPSA) is 78.8 Å². The van der Waals surface area contributed by atoms with Gasteiger partial charge in [0, 0.05) is 10.5 Å². The van der Waals surface area contributed by atoms with Crippen molar-refractivity contribution in [3.05, 3.63) is 92.3 Å². The van der Waals surface area contributed by atoms with Crippen molar-refractivity contribution < 1.29 is 4.74 Å². The first kappa shape index (κ1) is 19.6. The van der Waals surface area contributed by atoms with Gasteiger partial charge in [0.15, 0.2) is 0 Å². The first-order valence-corrected chi connectivity index (χ1v) is 10.3. The van der Waals surface area contributed by atoms with Crippen molar-refractivity contribution in [1.29, 1.82) is 5.26 Å². The van der Waals surface area contributed by atoms with Crippen LogP contribution in [0.1, 0.15) is 34.3 Å². The van der Waals surface area contributed by atoms with Crippen molar-refractivity contribution in [1.82, 2.24) is 9.97 Å². The van der Waals surface area contributed by atoms with E-state index in [2.05, 4.69) is 18.0 Å². The number of H-pyrrole nitrogens is 1. The third kappa shape index (κ3) is 3.88. The maximum absolute atomic E-state index is 12.7. The zero-order valence-electron chi connectivity index (χ0n) is 16.6. The maximum atomic E-state index is 12.7. The number of nitriles is 1. The number of hydrogen-bond acceptors (Lipinski definition) is 5. The molecule has 0 fully saturated rings. The van der Waals surface area contributed by atoms with Crippen LogP contribution in [0.5, 0.6) is 5.75 Å². The van der Waals surface area contributed by atoms with Gasteiger partial charge in [-0.1, -0.05) is 31.2 Å². The van der Waals surface area contributed by atoms with Crippen LogP contribution >= 0.6 is 11.3 Å². The van der Waals surface area contributed by atoms with Gasteiger partial charge in [-0.25, -0.2) is 4.98 Å². The van der Waals surface area contributed by atoms with Crippen molar-refractivity contribution in [3.63, 3.8) is 0 Å². The van der Waals surface area contributed by atoms with Crippen molar-refractivity contribution >= 4 is 33.2 Å². The second kappa shape index (κ2) is 8.36.